The number of nitrogens with two attached hydrogens (primary N) is 1. The number of nitrogens with zero attached hydrogens (tertiary/aromatic N) is 1. The topological polar surface area (TPSA) is 75.8 Å². The largest absolute Gasteiger partial charge is 0.505 e. The molecule has 2 aliphatic rings. The molecule has 1 heterocycles. The number of rotatable bonds is 1. The fourth-order valence-electron chi connectivity index (χ4n) is 3.07. The van der Waals surface area contributed by atoms with Crippen molar-refractivity contribution in [3.63, 3.8) is 0 Å². The van der Waals surface area contributed by atoms with E-state index in [0.717, 1.165) is 19.3 Å². The third-order valence-electron chi connectivity index (χ3n) is 4.04. The number of anilines is 1. The second-order valence-electron chi connectivity index (χ2n) is 5.15. The maximum atomic E-state index is 12.6. The number of para-hydroxylation sites is 1. The number of phenolic OH excluding ortho intramolecular Hbond substituents is 1. The first-order valence-corrected chi connectivity index (χ1v) is 6.68. The van der Waals surface area contributed by atoms with Gasteiger partial charge in [-0.25, -0.2) is 0 Å². The molecular formula is C14H18N2O3. The van der Waals surface area contributed by atoms with E-state index < -0.39 is 0 Å². The SMILES string of the molecule is Nc1cccc(C(=O)N2CCOC3CCCC32)c1O. The number of hydrogen-bond donors (Lipinski definition) is 2. The van der Waals surface area contributed by atoms with Gasteiger partial charge in [0, 0.05) is 6.54 Å². The van der Waals surface area contributed by atoms with Crippen LogP contribution in [0.2, 0.25) is 0 Å². The molecule has 2 fully saturated rings. The number of phenols is 1. The monoisotopic (exact) mass is 262 g/mol. The number of ether oxygens (including phenoxy) is 1. The minimum atomic E-state index is -0.148. The summed E-state index contributed by atoms with van der Waals surface area (Å²) in [5, 5.41) is 9.94. The van der Waals surface area contributed by atoms with Crippen LogP contribution in [0.4, 0.5) is 5.69 Å². The number of carbonyl (C=O) groups excluding carboxylic acids is 1. The van der Waals surface area contributed by atoms with E-state index in [1.54, 1.807) is 18.2 Å². The maximum absolute atomic E-state index is 12.6. The minimum absolute atomic E-state index is 0.117. The van der Waals surface area contributed by atoms with Crippen LogP contribution in [0.15, 0.2) is 18.2 Å². The fraction of sp³-hybridized carbons (Fsp3) is 0.500. The fourth-order valence-corrected chi connectivity index (χ4v) is 3.07. The van der Waals surface area contributed by atoms with Gasteiger partial charge in [-0.05, 0) is 31.4 Å². The van der Waals surface area contributed by atoms with Gasteiger partial charge < -0.3 is 20.5 Å². The highest BCUT2D eigenvalue weighted by molar-refractivity contribution is 5.98. The van der Waals surface area contributed by atoms with Gasteiger partial charge in [-0.15, -0.1) is 0 Å². The van der Waals surface area contributed by atoms with Gasteiger partial charge in [0.1, 0.15) is 0 Å². The quantitative estimate of drug-likeness (QED) is 0.592. The van der Waals surface area contributed by atoms with Gasteiger partial charge in [0.05, 0.1) is 30.0 Å². The molecule has 1 saturated carbocycles. The third kappa shape index (κ3) is 2.04. The summed E-state index contributed by atoms with van der Waals surface area (Å²) in [4.78, 5) is 14.4. The van der Waals surface area contributed by atoms with Gasteiger partial charge in [-0.2, -0.15) is 0 Å². The second kappa shape index (κ2) is 4.74. The number of aromatic hydroxyl groups is 1. The lowest BCUT2D eigenvalue weighted by Gasteiger charge is -2.37. The molecule has 3 N–H and O–H groups in total. The van der Waals surface area contributed by atoms with Crippen LogP contribution in [0.5, 0.6) is 5.75 Å². The van der Waals surface area contributed by atoms with Gasteiger partial charge in [-0.1, -0.05) is 6.07 Å². The van der Waals surface area contributed by atoms with Crippen LogP contribution in [0.25, 0.3) is 0 Å². The molecular weight excluding hydrogens is 244 g/mol. The normalized spacial score (nSPS) is 26.2. The summed E-state index contributed by atoms with van der Waals surface area (Å²) >= 11 is 0. The lowest BCUT2D eigenvalue weighted by molar-refractivity contribution is -0.0446. The van der Waals surface area contributed by atoms with E-state index in [-0.39, 0.29) is 35.1 Å². The Hall–Kier alpha value is -1.75. The van der Waals surface area contributed by atoms with Crippen LogP contribution < -0.4 is 5.73 Å². The highest BCUT2D eigenvalue weighted by Gasteiger charge is 2.39. The van der Waals surface area contributed by atoms with Crippen molar-refractivity contribution in [2.45, 2.75) is 31.4 Å². The summed E-state index contributed by atoms with van der Waals surface area (Å²) in [5.41, 5.74) is 6.17. The van der Waals surface area contributed by atoms with E-state index in [9.17, 15) is 9.90 Å². The van der Waals surface area contributed by atoms with Crippen LogP contribution >= 0.6 is 0 Å². The predicted octanol–water partition coefficient (Wildman–Crippen LogP) is 1.37. The highest BCUT2D eigenvalue weighted by atomic mass is 16.5. The van der Waals surface area contributed by atoms with Crippen LogP contribution in [0.1, 0.15) is 29.6 Å². The van der Waals surface area contributed by atoms with Crippen LogP contribution in [-0.4, -0.2) is 41.2 Å². The first kappa shape index (κ1) is 12.3. The molecule has 2 unspecified atom stereocenters. The van der Waals surface area contributed by atoms with E-state index in [4.69, 9.17) is 10.5 Å². The predicted molar refractivity (Wildman–Crippen MR) is 70.9 cm³/mol. The molecule has 1 aliphatic heterocycles. The summed E-state index contributed by atoms with van der Waals surface area (Å²) in [5.74, 6) is -0.265. The highest BCUT2D eigenvalue weighted by Crippen LogP contribution is 2.33. The average molecular weight is 262 g/mol. The van der Waals surface area contributed by atoms with Crippen molar-refractivity contribution in [2.24, 2.45) is 0 Å². The van der Waals surface area contributed by atoms with Crippen molar-refractivity contribution in [1.29, 1.82) is 0 Å². The maximum Gasteiger partial charge on any atom is 0.258 e. The number of carbonyl (C=O) groups is 1. The lowest BCUT2D eigenvalue weighted by Crippen LogP contribution is -2.51. The molecule has 0 radical (unpaired) electrons. The van der Waals surface area contributed by atoms with Crippen molar-refractivity contribution < 1.29 is 14.6 Å². The van der Waals surface area contributed by atoms with Crippen LogP contribution in [0, 0.1) is 0 Å². The Morgan fingerprint density at radius 2 is 2.26 bits per heavy atom. The summed E-state index contributed by atoms with van der Waals surface area (Å²) in [6.45, 7) is 1.14. The summed E-state index contributed by atoms with van der Waals surface area (Å²) in [6, 6.07) is 5.04. The molecule has 3 rings (SSSR count). The summed E-state index contributed by atoms with van der Waals surface area (Å²) in [7, 11) is 0. The number of hydrogen-bond acceptors (Lipinski definition) is 4. The van der Waals surface area contributed by atoms with Gasteiger partial charge >= 0.3 is 0 Å². The van der Waals surface area contributed by atoms with Crippen molar-refractivity contribution in [1.82, 2.24) is 4.90 Å². The molecule has 0 spiro atoms. The number of benzene rings is 1. The molecule has 2 atom stereocenters. The molecule has 5 heteroatoms. The minimum Gasteiger partial charge on any atom is -0.505 e. The Morgan fingerprint density at radius 1 is 1.42 bits per heavy atom. The lowest BCUT2D eigenvalue weighted by atomic mass is 10.1. The number of nitrogen functional groups attached to an aromatic ring is 1. The Labute approximate surface area is 112 Å². The van der Waals surface area contributed by atoms with Gasteiger partial charge in [0.15, 0.2) is 5.75 Å². The standard InChI is InChI=1S/C14H18N2O3/c15-10-4-1-3-9(13(10)17)14(18)16-7-8-19-12-6-2-5-11(12)16/h1,3-4,11-12,17H,2,5-8,15H2. The molecule has 1 saturated heterocycles. The third-order valence-corrected chi connectivity index (χ3v) is 4.04. The van der Waals surface area contributed by atoms with Crippen molar-refractivity contribution in [3.8, 4) is 5.75 Å². The van der Waals surface area contributed by atoms with E-state index in [0.29, 0.717) is 13.2 Å². The zero-order chi connectivity index (χ0) is 13.4. The Morgan fingerprint density at radius 3 is 3.11 bits per heavy atom. The molecule has 5 nitrogen and oxygen atoms in total. The molecule has 1 aromatic carbocycles. The molecule has 1 aromatic rings. The van der Waals surface area contributed by atoms with E-state index in [1.165, 1.54) is 0 Å². The van der Waals surface area contributed by atoms with E-state index in [2.05, 4.69) is 0 Å². The first-order valence-electron chi connectivity index (χ1n) is 6.68. The van der Waals surface area contributed by atoms with E-state index in [1.807, 2.05) is 4.90 Å². The Kier molecular flexibility index (Phi) is 3.06. The summed E-state index contributed by atoms with van der Waals surface area (Å²) < 4.78 is 5.69. The van der Waals surface area contributed by atoms with Crippen molar-refractivity contribution >= 4 is 11.6 Å². The van der Waals surface area contributed by atoms with Crippen LogP contribution in [-0.2, 0) is 4.74 Å². The molecule has 1 aliphatic carbocycles. The van der Waals surface area contributed by atoms with Crippen molar-refractivity contribution in [3.05, 3.63) is 23.8 Å². The molecule has 19 heavy (non-hydrogen) atoms. The van der Waals surface area contributed by atoms with Crippen molar-refractivity contribution in [2.75, 3.05) is 18.9 Å². The average Bonchev–Trinajstić information content (AvgIpc) is 2.89. The molecule has 0 bridgehead atoms. The zero-order valence-corrected chi connectivity index (χ0v) is 10.7. The molecule has 102 valence electrons. The number of morpholine rings is 1. The molecule has 1 amide bonds. The van der Waals surface area contributed by atoms with Gasteiger partial charge in [0.25, 0.3) is 5.91 Å². The number of fused-ring (bicyclic) bond motifs is 1. The molecule has 0 aromatic heterocycles. The first-order chi connectivity index (χ1) is 9.18. The zero-order valence-electron chi connectivity index (χ0n) is 10.7. The van der Waals surface area contributed by atoms with Gasteiger partial charge in [0.2, 0.25) is 0 Å². The van der Waals surface area contributed by atoms with E-state index >= 15 is 0 Å². The summed E-state index contributed by atoms with van der Waals surface area (Å²) in [6.07, 6.45) is 3.22. The van der Waals surface area contributed by atoms with Crippen LogP contribution in [0.3, 0.4) is 0 Å². The number of amides is 1. The Balaban J connectivity index is 1.88. The smallest absolute Gasteiger partial charge is 0.258 e. The Bertz CT molecular complexity index is 503. The van der Waals surface area contributed by atoms with Gasteiger partial charge in [-0.3, -0.25) is 4.79 Å². The second-order valence-corrected chi connectivity index (χ2v) is 5.15.